The summed E-state index contributed by atoms with van der Waals surface area (Å²) in [6.45, 7) is 3.46. The Morgan fingerprint density at radius 3 is 2.59 bits per heavy atom. The standard InChI is InChI=1S/C10H14N2O4S/c1-6-5-17-10(11-6)12(4-3-8(13)14)7(2)9(15)16/h5,7H,3-4H2,1-2H3,(H,13,14)(H,15,16). The van der Waals surface area contributed by atoms with Crippen LogP contribution in [0.1, 0.15) is 19.0 Å². The number of anilines is 1. The number of carboxylic acid groups (broad SMARTS) is 2. The maximum atomic E-state index is 11.0. The molecule has 1 aromatic heterocycles. The van der Waals surface area contributed by atoms with Gasteiger partial charge in [0.15, 0.2) is 5.13 Å². The van der Waals surface area contributed by atoms with Crippen molar-refractivity contribution in [1.82, 2.24) is 4.98 Å². The summed E-state index contributed by atoms with van der Waals surface area (Å²) < 4.78 is 0. The van der Waals surface area contributed by atoms with Crippen LogP contribution in [0.25, 0.3) is 0 Å². The van der Waals surface area contributed by atoms with E-state index in [1.54, 1.807) is 12.3 Å². The molecule has 0 fully saturated rings. The first kappa shape index (κ1) is 13.4. The summed E-state index contributed by atoms with van der Waals surface area (Å²) in [5.41, 5.74) is 0.794. The van der Waals surface area contributed by atoms with Crippen LogP contribution in [-0.2, 0) is 9.59 Å². The molecule has 1 rings (SSSR count). The number of aliphatic carboxylic acids is 2. The van der Waals surface area contributed by atoms with Gasteiger partial charge in [0.05, 0.1) is 12.1 Å². The van der Waals surface area contributed by atoms with Crippen LogP contribution in [-0.4, -0.2) is 39.7 Å². The molecule has 1 aromatic rings. The molecule has 0 aromatic carbocycles. The second kappa shape index (κ2) is 5.62. The third kappa shape index (κ3) is 3.70. The lowest BCUT2D eigenvalue weighted by Crippen LogP contribution is -2.40. The molecule has 0 saturated heterocycles. The average Bonchev–Trinajstić information content (AvgIpc) is 2.64. The Morgan fingerprint density at radius 1 is 1.53 bits per heavy atom. The fourth-order valence-electron chi connectivity index (χ4n) is 1.28. The molecule has 94 valence electrons. The molecule has 0 radical (unpaired) electrons. The van der Waals surface area contributed by atoms with E-state index in [1.807, 2.05) is 0 Å². The summed E-state index contributed by atoms with van der Waals surface area (Å²) in [7, 11) is 0. The van der Waals surface area contributed by atoms with Crippen molar-refractivity contribution in [1.29, 1.82) is 0 Å². The topological polar surface area (TPSA) is 90.7 Å². The highest BCUT2D eigenvalue weighted by Crippen LogP contribution is 2.22. The van der Waals surface area contributed by atoms with Gasteiger partial charge in [-0.05, 0) is 13.8 Å². The minimum atomic E-state index is -0.997. The zero-order valence-electron chi connectivity index (χ0n) is 9.58. The first-order chi connectivity index (χ1) is 7.91. The number of carboxylic acids is 2. The van der Waals surface area contributed by atoms with E-state index in [4.69, 9.17) is 10.2 Å². The van der Waals surface area contributed by atoms with Crippen LogP contribution in [0.3, 0.4) is 0 Å². The highest BCUT2D eigenvalue weighted by molar-refractivity contribution is 7.13. The second-order valence-corrected chi connectivity index (χ2v) is 4.46. The van der Waals surface area contributed by atoms with Gasteiger partial charge in [-0.1, -0.05) is 0 Å². The van der Waals surface area contributed by atoms with Crippen molar-refractivity contribution in [2.45, 2.75) is 26.3 Å². The summed E-state index contributed by atoms with van der Waals surface area (Å²) in [5.74, 6) is -1.95. The molecular formula is C10H14N2O4S. The number of aryl methyl sites for hydroxylation is 1. The number of hydrogen-bond acceptors (Lipinski definition) is 5. The van der Waals surface area contributed by atoms with Gasteiger partial charge in [-0.15, -0.1) is 11.3 Å². The molecule has 0 aliphatic carbocycles. The van der Waals surface area contributed by atoms with Gasteiger partial charge in [-0.2, -0.15) is 0 Å². The predicted molar refractivity (Wildman–Crippen MR) is 63.5 cm³/mol. The monoisotopic (exact) mass is 258 g/mol. The van der Waals surface area contributed by atoms with Crippen LogP contribution < -0.4 is 4.90 Å². The number of thiazole rings is 1. The Morgan fingerprint density at radius 2 is 2.18 bits per heavy atom. The van der Waals surface area contributed by atoms with Crippen LogP contribution in [0.4, 0.5) is 5.13 Å². The SMILES string of the molecule is Cc1csc(N(CCC(=O)O)C(C)C(=O)O)n1. The van der Waals surface area contributed by atoms with Gasteiger partial charge < -0.3 is 15.1 Å². The zero-order chi connectivity index (χ0) is 13.0. The molecule has 0 aliphatic heterocycles. The van der Waals surface area contributed by atoms with Crippen molar-refractivity contribution in [3.8, 4) is 0 Å². The molecule has 0 amide bonds. The fraction of sp³-hybridized carbons (Fsp3) is 0.500. The van der Waals surface area contributed by atoms with Crippen LogP contribution in [0.5, 0.6) is 0 Å². The smallest absolute Gasteiger partial charge is 0.326 e. The van der Waals surface area contributed by atoms with Gasteiger partial charge in [0.2, 0.25) is 0 Å². The molecule has 0 spiro atoms. The Labute approximate surface area is 103 Å². The lowest BCUT2D eigenvalue weighted by Gasteiger charge is -2.25. The summed E-state index contributed by atoms with van der Waals surface area (Å²) in [4.78, 5) is 27.2. The lowest BCUT2D eigenvalue weighted by molar-refractivity contribution is -0.139. The Balaban J connectivity index is 2.85. The van der Waals surface area contributed by atoms with E-state index in [-0.39, 0.29) is 13.0 Å². The molecule has 7 heteroatoms. The summed E-state index contributed by atoms with van der Waals surface area (Å²) >= 11 is 1.31. The minimum absolute atomic E-state index is 0.115. The van der Waals surface area contributed by atoms with E-state index in [2.05, 4.69) is 4.98 Å². The molecule has 17 heavy (non-hydrogen) atoms. The minimum Gasteiger partial charge on any atom is -0.481 e. The number of nitrogens with zero attached hydrogens (tertiary/aromatic N) is 2. The average molecular weight is 258 g/mol. The van der Waals surface area contributed by atoms with Gasteiger partial charge in [0.1, 0.15) is 6.04 Å². The number of carbonyl (C=O) groups is 2. The summed E-state index contributed by atoms with van der Waals surface area (Å²) in [5, 5.41) is 20.0. The van der Waals surface area contributed by atoms with Gasteiger partial charge >= 0.3 is 11.9 Å². The maximum absolute atomic E-state index is 11.0. The molecule has 6 nitrogen and oxygen atoms in total. The summed E-state index contributed by atoms with van der Waals surface area (Å²) in [6.07, 6.45) is -0.115. The largest absolute Gasteiger partial charge is 0.481 e. The van der Waals surface area contributed by atoms with Crippen LogP contribution in [0.2, 0.25) is 0 Å². The third-order valence-corrected chi connectivity index (χ3v) is 3.24. The number of rotatable bonds is 6. The molecule has 0 saturated carbocycles. The molecule has 1 atom stereocenters. The van der Waals surface area contributed by atoms with E-state index in [0.717, 1.165) is 5.69 Å². The summed E-state index contributed by atoms with van der Waals surface area (Å²) in [6, 6.07) is -0.792. The van der Waals surface area contributed by atoms with Crippen molar-refractivity contribution in [3.05, 3.63) is 11.1 Å². The van der Waals surface area contributed by atoms with Crippen molar-refractivity contribution >= 4 is 28.4 Å². The van der Waals surface area contributed by atoms with Crippen molar-refractivity contribution in [3.63, 3.8) is 0 Å². The quantitative estimate of drug-likeness (QED) is 0.797. The van der Waals surface area contributed by atoms with E-state index in [9.17, 15) is 9.59 Å². The predicted octanol–water partition coefficient (Wildman–Crippen LogP) is 1.21. The Kier molecular flexibility index (Phi) is 4.45. The van der Waals surface area contributed by atoms with Gasteiger partial charge in [-0.25, -0.2) is 9.78 Å². The van der Waals surface area contributed by atoms with Crippen LogP contribution in [0, 0.1) is 6.92 Å². The van der Waals surface area contributed by atoms with Crippen molar-refractivity contribution in [2.75, 3.05) is 11.4 Å². The van der Waals surface area contributed by atoms with Crippen molar-refractivity contribution in [2.24, 2.45) is 0 Å². The van der Waals surface area contributed by atoms with Crippen LogP contribution in [0.15, 0.2) is 5.38 Å². The molecule has 0 bridgehead atoms. The first-order valence-corrected chi connectivity index (χ1v) is 5.93. The Hall–Kier alpha value is -1.63. The van der Waals surface area contributed by atoms with E-state index >= 15 is 0 Å². The highest BCUT2D eigenvalue weighted by Gasteiger charge is 2.23. The maximum Gasteiger partial charge on any atom is 0.326 e. The zero-order valence-corrected chi connectivity index (χ0v) is 10.4. The van der Waals surface area contributed by atoms with Crippen LogP contribution >= 0.6 is 11.3 Å². The van der Waals surface area contributed by atoms with Gasteiger partial charge in [0.25, 0.3) is 0 Å². The number of hydrogen-bond donors (Lipinski definition) is 2. The molecule has 1 heterocycles. The number of aromatic nitrogens is 1. The van der Waals surface area contributed by atoms with E-state index < -0.39 is 18.0 Å². The van der Waals surface area contributed by atoms with E-state index in [1.165, 1.54) is 23.2 Å². The highest BCUT2D eigenvalue weighted by atomic mass is 32.1. The fourth-order valence-corrected chi connectivity index (χ4v) is 2.19. The molecular weight excluding hydrogens is 244 g/mol. The molecule has 2 N–H and O–H groups in total. The second-order valence-electron chi connectivity index (χ2n) is 3.62. The Bertz CT molecular complexity index is 418. The van der Waals surface area contributed by atoms with Crippen molar-refractivity contribution < 1.29 is 19.8 Å². The van der Waals surface area contributed by atoms with Gasteiger partial charge in [-0.3, -0.25) is 4.79 Å². The lowest BCUT2D eigenvalue weighted by atomic mass is 10.3. The molecule has 1 unspecified atom stereocenters. The normalized spacial score (nSPS) is 12.1. The molecule has 0 aliphatic rings. The van der Waals surface area contributed by atoms with E-state index in [0.29, 0.717) is 5.13 Å². The first-order valence-electron chi connectivity index (χ1n) is 5.05. The van der Waals surface area contributed by atoms with Gasteiger partial charge in [0, 0.05) is 11.9 Å². The third-order valence-electron chi connectivity index (χ3n) is 2.24.